The van der Waals surface area contributed by atoms with Crippen LogP contribution in [0.25, 0.3) is 11.1 Å². The Morgan fingerprint density at radius 2 is 1.69 bits per heavy atom. The lowest BCUT2D eigenvalue weighted by Gasteiger charge is -2.32. The summed E-state index contributed by atoms with van der Waals surface area (Å²) >= 11 is 5.90. The van der Waals surface area contributed by atoms with Crippen LogP contribution in [0.2, 0.25) is 5.02 Å². The summed E-state index contributed by atoms with van der Waals surface area (Å²) in [5, 5.41) is 0.575. The standard InChI is InChI=1S/C24H23ClN2O4S/c1-32(30,31)22-14-18(19-8-11-26-15-19)4-7-21(22)24(29)27-12-9-17(10-13-27)23(28)16-2-5-20(25)6-3-16/h2-8,11,14-15,17,26H,9-10,12-13H2,1H3. The third-order valence-electron chi connectivity index (χ3n) is 5.82. The molecule has 2 aromatic carbocycles. The van der Waals surface area contributed by atoms with Crippen molar-refractivity contribution in [2.24, 2.45) is 5.92 Å². The van der Waals surface area contributed by atoms with Gasteiger partial charge in [-0.2, -0.15) is 0 Å². The highest BCUT2D eigenvalue weighted by Crippen LogP contribution is 2.28. The van der Waals surface area contributed by atoms with Crippen molar-refractivity contribution >= 4 is 33.1 Å². The smallest absolute Gasteiger partial charge is 0.255 e. The molecular weight excluding hydrogens is 448 g/mol. The molecule has 0 saturated carbocycles. The number of carbonyl (C=O) groups excluding carboxylic acids is 2. The van der Waals surface area contributed by atoms with E-state index in [0.29, 0.717) is 36.5 Å². The van der Waals surface area contributed by atoms with Crippen LogP contribution in [0.4, 0.5) is 0 Å². The van der Waals surface area contributed by atoms with Crippen LogP contribution in [0.3, 0.4) is 0 Å². The molecule has 0 spiro atoms. The second-order valence-electron chi connectivity index (χ2n) is 8.02. The summed E-state index contributed by atoms with van der Waals surface area (Å²) in [5.74, 6) is -0.463. The molecule has 1 saturated heterocycles. The molecule has 0 bridgehead atoms. The second-order valence-corrected chi connectivity index (χ2v) is 10.4. The van der Waals surface area contributed by atoms with Crippen LogP contribution >= 0.6 is 11.6 Å². The van der Waals surface area contributed by atoms with Crippen molar-refractivity contribution < 1.29 is 18.0 Å². The van der Waals surface area contributed by atoms with Gasteiger partial charge in [0.25, 0.3) is 5.91 Å². The number of Topliss-reactive ketones (excluding diaryl/α,β-unsaturated/α-hetero) is 1. The molecule has 1 amide bonds. The molecule has 32 heavy (non-hydrogen) atoms. The summed E-state index contributed by atoms with van der Waals surface area (Å²) in [6.07, 6.45) is 5.69. The van der Waals surface area contributed by atoms with Crippen molar-refractivity contribution in [1.29, 1.82) is 0 Å². The molecule has 1 fully saturated rings. The van der Waals surface area contributed by atoms with E-state index in [1.807, 2.05) is 6.07 Å². The number of carbonyl (C=O) groups is 2. The van der Waals surface area contributed by atoms with E-state index in [-0.39, 0.29) is 28.1 Å². The lowest BCUT2D eigenvalue weighted by Crippen LogP contribution is -2.40. The van der Waals surface area contributed by atoms with Gasteiger partial charge in [0.05, 0.1) is 10.5 Å². The predicted octanol–water partition coefficient (Wildman–Crippen LogP) is 4.47. The Labute approximate surface area is 192 Å². The predicted molar refractivity (Wildman–Crippen MR) is 124 cm³/mol. The summed E-state index contributed by atoms with van der Waals surface area (Å²) in [5.41, 5.74) is 2.33. The van der Waals surface area contributed by atoms with Gasteiger partial charge in [-0.1, -0.05) is 17.7 Å². The third-order valence-corrected chi connectivity index (χ3v) is 7.21. The molecule has 0 atom stereocenters. The zero-order valence-corrected chi connectivity index (χ0v) is 19.1. The molecule has 8 heteroatoms. The fourth-order valence-corrected chi connectivity index (χ4v) is 5.08. The number of amides is 1. The van der Waals surface area contributed by atoms with E-state index in [2.05, 4.69) is 4.98 Å². The Morgan fingerprint density at radius 3 is 2.28 bits per heavy atom. The maximum atomic E-state index is 13.2. The van der Waals surface area contributed by atoms with Crippen LogP contribution in [0.5, 0.6) is 0 Å². The number of nitrogens with one attached hydrogen (secondary N) is 1. The van der Waals surface area contributed by atoms with E-state index in [0.717, 1.165) is 17.4 Å². The van der Waals surface area contributed by atoms with Gasteiger partial charge in [-0.25, -0.2) is 8.42 Å². The molecule has 0 unspecified atom stereocenters. The van der Waals surface area contributed by atoms with Crippen LogP contribution in [0.1, 0.15) is 33.6 Å². The van der Waals surface area contributed by atoms with Gasteiger partial charge >= 0.3 is 0 Å². The summed E-state index contributed by atoms with van der Waals surface area (Å²) < 4.78 is 24.9. The zero-order valence-electron chi connectivity index (χ0n) is 17.5. The van der Waals surface area contributed by atoms with Crippen molar-refractivity contribution in [3.05, 3.63) is 77.1 Å². The number of likely N-dealkylation sites (tertiary alicyclic amines) is 1. The lowest BCUT2D eigenvalue weighted by atomic mass is 9.88. The maximum Gasteiger partial charge on any atom is 0.255 e. The number of aromatic nitrogens is 1. The van der Waals surface area contributed by atoms with E-state index in [1.165, 1.54) is 0 Å². The Bertz CT molecular complexity index is 1240. The summed E-state index contributed by atoms with van der Waals surface area (Å²) in [6.45, 7) is 0.789. The number of sulfone groups is 1. The molecule has 6 nitrogen and oxygen atoms in total. The molecule has 166 valence electrons. The minimum atomic E-state index is -3.62. The summed E-state index contributed by atoms with van der Waals surface area (Å²) in [4.78, 5) is 30.6. The lowest BCUT2D eigenvalue weighted by molar-refractivity contribution is 0.0647. The van der Waals surface area contributed by atoms with Crippen molar-refractivity contribution in [1.82, 2.24) is 9.88 Å². The number of benzene rings is 2. The number of ketones is 1. The van der Waals surface area contributed by atoms with Gasteiger partial charge in [0.1, 0.15) is 0 Å². The largest absolute Gasteiger partial charge is 0.367 e. The Morgan fingerprint density at radius 1 is 1.00 bits per heavy atom. The van der Waals surface area contributed by atoms with Gasteiger partial charge < -0.3 is 9.88 Å². The van der Waals surface area contributed by atoms with E-state index in [9.17, 15) is 18.0 Å². The van der Waals surface area contributed by atoms with Crippen LogP contribution in [0, 0.1) is 5.92 Å². The van der Waals surface area contributed by atoms with Crippen molar-refractivity contribution in [2.75, 3.05) is 19.3 Å². The quantitative estimate of drug-likeness (QED) is 0.557. The van der Waals surface area contributed by atoms with Crippen molar-refractivity contribution in [3.63, 3.8) is 0 Å². The number of halogens is 1. The van der Waals surface area contributed by atoms with Gasteiger partial charge in [0, 0.05) is 48.2 Å². The van der Waals surface area contributed by atoms with Crippen LogP contribution in [-0.4, -0.2) is 49.3 Å². The summed E-state index contributed by atoms with van der Waals surface area (Å²) in [7, 11) is -3.62. The first-order valence-corrected chi connectivity index (χ1v) is 12.6. The van der Waals surface area contributed by atoms with E-state index < -0.39 is 9.84 Å². The molecule has 1 aliphatic rings. The average molecular weight is 471 g/mol. The first kappa shape index (κ1) is 22.3. The summed E-state index contributed by atoms with van der Waals surface area (Å²) in [6, 6.07) is 13.5. The Balaban J connectivity index is 1.51. The van der Waals surface area contributed by atoms with Crippen LogP contribution in [-0.2, 0) is 9.84 Å². The van der Waals surface area contributed by atoms with Gasteiger partial charge in [0.15, 0.2) is 15.6 Å². The molecule has 1 aromatic heterocycles. The second kappa shape index (κ2) is 8.92. The molecule has 2 heterocycles. The number of hydrogen-bond acceptors (Lipinski definition) is 4. The van der Waals surface area contributed by atoms with Crippen LogP contribution in [0.15, 0.2) is 65.8 Å². The van der Waals surface area contributed by atoms with Gasteiger partial charge in [0.2, 0.25) is 0 Å². The highest BCUT2D eigenvalue weighted by molar-refractivity contribution is 7.90. The highest BCUT2D eigenvalue weighted by Gasteiger charge is 2.30. The van der Waals surface area contributed by atoms with E-state index >= 15 is 0 Å². The van der Waals surface area contributed by atoms with Gasteiger partial charge in [-0.3, -0.25) is 9.59 Å². The van der Waals surface area contributed by atoms with Crippen LogP contribution < -0.4 is 0 Å². The van der Waals surface area contributed by atoms with Crippen molar-refractivity contribution in [2.45, 2.75) is 17.7 Å². The molecule has 3 aromatic rings. The van der Waals surface area contributed by atoms with Gasteiger partial charge in [-0.05, 0) is 66.4 Å². The number of nitrogens with zero attached hydrogens (tertiary/aromatic N) is 1. The number of piperidine rings is 1. The number of aromatic amines is 1. The highest BCUT2D eigenvalue weighted by atomic mass is 35.5. The minimum Gasteiger partial charge on any atom is -0.367 e. The van der Waals surface area contributed by atoms with E-state index in [1.54, 1.807) is 59.8 Å². The molecule has 4 rings (SSSR count). The van der Waals surface area contributed by atoms with Crippen molar-refractivity contribution in [3.8, 4) is 11.1 Å². The van der Waals surface area contributed by atoms with E-state index in [4.69, 9.17) is 11.6 Å². The molecular formula is C24H23ClN2O4S. The normalized spacial score (nSPS) is 15.0. The fourth-order valence-electron chi connectivity index (χ4n) is 4.05. The Kier molecular flexibility index (Phi) is 6.22. The molecule has 0 radical (unpaired) electrons. The zero-order chi connectivity index (χ0) is 22.9. The molecule has 1 N–H and O–H groups in total. The fraction of sp³-hybridized carbons (Fsp3) is 0.250. The maximum absolute atomic E-state index is 13.2. The number of H-pyrrole nitrogens is 1. The topological polar surface area (TPSA) is 87.3 Å². The average Bonchev–Trinajstić information content (AvgIpc) is 3.33. The SMILES string of the molecule is CS(=O)(=O)c1cc(-c2cc[nH]c2)ccc1C(=O)N1CCC(C(=O)c2ccc(Cl)cc2)CC1. The minimum absolute atomic E-state index is 0.0144. The Hall–Kier alpha value is -2.90. The van der Waals surface area contributed by atoms with Gasteiger partial charge in [-0.15, -0.1) is 0 Å². The number of hydrogen-bond donors (Lipinski definition) is 1. The molecule has 1 aliphatic heterocycles. The first-order valence-electron chi connectivity index (χ1n) is 10.3. The monoisotopic (exact) mass is 470 g/mol. The number of rotatable bonds is 5. The third kappa shape index (κ3) is 4.64. The molecule has 0 aliphatic carbocycles. The first-order chi connectivity index (χ1) is 15.2.